The fraction of sp³-hybridized carbons (Fsp3) is 0.643. The third-order valence-electron chi connectivity index (χ3n) is 3.11. The van der Waals surface area contributed by atoms with Crippen LogP contribution in [0.1, 0.15) is 23.7 Å². The van der Waals surface area contributed by atoms with Crippen molar-refractivity contribution in [2.24, 2.45) is 5.92 Å². The second-order valence-corrected chi connectivity index (χ2v) is 5.10. The van der Waals surface area contributed by atoms with Gasteiger partial charge in [-0.1, -0.05) is 6.92 Å². The van der Waals surface area contributed by atoms with Crippen molar-refractivity contribution in [2.75, 3.05) is 20.2 Å². The van der Waals surface area contributed by atoms with Crippen molar-refractivity contribution in [3.05, 3.63) is 23.0 Å². The molecule has 1 aromatic heterocycles. The van der Waals surface area contributed by atoms with E-state index in [9.17, 15) is 13.2 Å². The van der Waals surface area contributed by atoms with E-state index in [2.05, 4.69) is 10.3 Å². The third kappa shape index (κ3) is 5.00. The fourth-order valence-electron chi connectivity index (χ4n) is 2.14. The van der Waals surface area contributed by atoms with E-state index in [1.807, 2.05) is 20.8 Å². The summed E-state index contributed by atoms with van der Waals surface area (Å²) in [4.78, 5) is 4.35. The second kappa shape index (κ2) is 6.92. The van der Waals surface area contributed by atoms with E-state index in [0.717, 1.165) is 22.6 Å². The number of rotatable bonds is 6. The number of methoxy groups -OCH3 is 1. The largest absolute Gasteiger partial charge is 0.496 e. The van der Waals surface area contributed by atoms with Gasteiger partial charge in [-0.3, -0.25) is 4.98 Å². The minimum absolute atomic E-state index is 0.0657. The monoisotopic (exact) mass is 290 g/mol. The molecule has 0 radical (unpaired) electrons. The molecule has 1 N–H and O–H groups in total. The molecule has 114 valence electrons. The molecule has 0 amide bonds. The van der Waals surface area contributed by atoms with Gasteiger partial charge in [0.15, 0.2) is 0 Å². The molecule has 0 bridgehead atoms. The predicted octanol–water partition coefficient (Wildman–Crippen LogP) is 3.04. The van der Waals surface area contributed by atoms with E-state index in [-0.39, 0.29) is 5.92 Å². The summed E-state index contributed by atoms with van der Waals surface area (Å²) >= 11 is 0. The number of hydrogen-bond acceptors (Lipinski definition) is 3. The van der Waals surface area contributed by atoms with Crippen LogP contribution < -0.4 is 10.1 Å². The van der Waals surface area contributed by atoms with Crippen molar-refractivity contribution in [1.82, 2.24) is 10.3 Å². The Morgan fingerprint density at radius 1 is 1.35 bits per heavy atom. The summed E-state index contributed by atoms with van der Waals surface area (Å²) in [6, 6.07) is 0. The molecule has 1 heterocycles. The van der Waals surface area contributed by atoms with Gasteiger partial charge in [0.25, 0.3) is 0 Å². The highest BCUT2D eigenvalue weighted by Gasteiger charge is 2.26. The average molecular weight is 290 g/mol. The van der Waals surface area contributed by atoms with Crippen LogP contribution in [0, 0.1) is 19.8 Å². The number of alkyl halides is 3. The maximum absolute atomic E-state index is 12.0. The Kier molecular flexibility index (Phi) is 5.80. The molecule has 20 heavy (non-hydrogen) atoms. The molecule has 1 rings (SSSR count). The molecule has 3 nitrogen and oxygen atoms in total. The summed E-state index contributed by atoms with van der Waals surface area (Å²) in [5.74, 6) is 0.862. The summed E-state index contributed by atoms with van der Waals surface area (Å²) in [7, 11) is 1.60. The Labute approximate surface area is 117 Å². The zero-order valence-electron chi connectivity index (χ0n) is 12.3. The highest BCUT2D eigenvalue weighted by atomic mass is 19.4. The van der Waals surface area contributed by atoms with Gasteiger partial charge in [0.2, 0.25) is 0 Å². The van der Waals surface area contributed by atoms with Crippen LogP contribution in [0.2, 0.25) is 0 Å². The van der Waals surface area contributed by atoms with Gasteiger partial charge >= 0.3 is 6.18 Å². The Bertz CT molecular complexity index is 447. The summed E-state index contributed by atoms with van der Waals surface area (Å²) in [6.45, 7) is 5.08. The number of nitrogens with one attached hydrogen (secondary N) is 1. The Morgan fingerprint density at radius 3 is 2.55 bits per heavy atom. The Balaban J connectivity index is 2.60. The summed E-state index contributed by atoms with van der Waals surface area (Å²) < 4.78 is 41.5. The van der Waals surface area contributed by atoms with Crippen molar-refractivity contribution in [3.8, 4) is 5.75 Å². The molecule has 0 aliphatic rings. The van der Waals surface area contributed by atoms with Crippen molar-refractivity contribution < 1.29 is 17.9 Å². The topological polar surface area (TPSA) is 34.1 Å². The van der Waals surface area contributed by atoms with E-state index >= 15 is 0 Å². The number of hydrogen-bond donors (Lipinski definition) is 1. The lowest BCUT2D eigenvalue weighted by molar-refractivity contribution is -0.125. The third-order valence-corrected chi connectivity index (χ3v) is 3.11. The molecule has 0 saturated heterocycles. The lowest BCUT2D eigenvalue weighted by Crippen LogP contribution is -2.32. The van der Waals surface area contributed by atoms with Crippen molar-refractivity contribution >= 4 is 0 Å². The fourth-order valence-corrected chi connectivity index (χ4v) is 2.14. The molecule has 0 spiro atoms. The first-order valence-corrected chi connectivity index (χ1v) is 6.51. The highest BCUT2D eigenvalue weighted by Crippen LogP contribution is 2.25. The molecule has 0 aliphatic heterocycles. The van der Waals surface area contributed by atoms with Gasteiger partial charge in [-0.05, 0) is 32.7 Å². The number of aromatic nitrogens is 1. The maximum atomic E-state index is 12.0. The van der Waals surface area contributed by atoms with Gasteiger partial charge in [-0.15, -0.1) is 0 Å². The predicted molar refractivity (Wildman–Crippen MR) is 72.1 cm³/mol. The van der Waals surface area contributed by atoms with Crippen LogP contribution in [0.15, 0.2) is 6.20 Å². The molecule has 1 aromatic rings. The van der Waals surface area contributed by atoms with Crippen molar-refractivity contribution in [2.45, 2.75) is 33.4 Å². The van der Waals surface area contributed by atoms with Gasteiger partial charge in [0.05, 0.1) is 13.7 Å². The zero-order valence-corrected chi connectivity index (χ0v) is 12.3. The van der Waals surface area contributed by atoms with Crippen LogP contribution in [-0.4, -0.2) is 31.4 Å². The number of aryl methyl sites for hydroxylation is 1. The molecule has 1 unspecified atom stereocenters. The Morgan fingerprint density at radius 2 is 2.00 bits per heavy atom. The number of halogens is 3. The second-order valence-electron chi connectivity index (χ2n) is 5.10. The van der Waals surface area contributed by atoms with Gasteiger partial charge in [-0.25, -0.2) is 0 Å². The molecule has 0 aliphatic carbocycles. The summed E-state index contributed by atoms with van der Waals surface area (Å²) in [5, 5.41) is 2.42. The maximum Gasteiger partial charge on any atom is 0.401 e. The SMILES string of the molecule is COc1c(C)cnc(CC(C)CNCC(F)(F)F)c1C. The average Bonchev–Trinajstić information content (AvgIpc) is 2.32. The van der Waals surface area contributed by atoms with E-state index in [0.29, 0.717) is 13.0 Å². The standard InChI is InChI=1S/C14H21F3N2O/c1-9(6-18-8-14(15,16)17)5-12-11(3)13(20-4)10(2)7-19-12/h7,9,18H,5-6,8H2,1-4H3. The van der Waals surface area contributed by atoms with Gasteiger partial charge in [0, 0.05) is 23.0 Å². The van der Waals surface area contributed by atoms with Crippen LogP contribution in [0.4, 0.5) is 13.2 Å². The van der Waals surface area contributed by atoms with Crippen molar-refractivity contribution in [1.29, 1.82) is 0 Å². The minimum atomic E-state index is -4.17. The lowest BCUT2D eigenvalue weighted by atomic mass is 10.0. The van der Waals surface area contributed by atoms with Gasteiger partial charge < -0.3 is 10.1 Å². The normalized spacial score (nSPS) is 13.3. The molecule has 1 atom stereocenters. The number of nitrogens with zero attached hydrogens (tertiary/aromatic N) is 1. The summed E-state index contributed by atoms with van der Waals surface area (Å²) in [5.41, 5.74) is 2.78. The Hall–Kier alpha value is -1.30. The van der Waals surface area contributed by atoms with E-state index in [1.165, 1.54) is 0 Å². The summed E-state index contributed by atoms with van der Waals surface area (Å²) in [6.07, 6.45) is -1.81. The zero-order chi connectivity index (χ0) is 15.3. The van der Waals surface area contributed by atoms with Gasteiger partial charge in [0.1, 0.15) is 5.75 Å². The van der Waals surface area contributed by atoms with Crippen LogP contribution in [-0.2, 0) is 6.42 Å². The van der Waals surface area contributed by atoms with E-state index in [4.69, 9.17) is 4.74 Å². The van der Waals surface area contributed by atoms with Crippen LogP contribution >= 0.6 is 0 Å². The van der Waals surface area contributed by atoms with Crippen LogP contribution in [0.25, 0.3) is 0 Å². The van der Waals surface area contributed by atoms with Crippen LogP contribution in [0.5, 0.6) is 5.75 Å². The highest BCUT2D eigenvalue weighted by molar-refractivity contribution is 5.41. The molecular weight excluding hydrogens is 269 g/mol. The van der Waals surface area contributed by atoms with E-state index in [1.54, 1.807) is 13.3 Å². The number of pyridine rings is 1. The van der Waals surface area contributed by atoms with E-state index < -0.39 is 12.7 Å². The first-order chi connectivity index (χ1) is 9.24. The molecule has 0 aromatic carbocycles. The first-order valence-electron chi connectivity index (χ1n) is 6.51. The molecule has 0 fully saturated rings. The van der Waals surface area contributed by atoms with Crippen LogP contribution in [0.3, 0.4) is 0 Å². The minimum Gasteiger partial charge on any atom is -0.496 e. The molecular formula is C14H21F3N2O. The van der Waals surface area contributed by atoms with Crippen molar-refractivity contribution in [3.63, 3.8) is 0 Å². The molecule has 0 saturated carbocycles. The smallest absolute Gasteiger partial charge is 0.401 e. The van der Waals surface area contributed by atoms with Gasteiger partial charge in [-0.2, -0.15) is 13.2 Å². The quantitative estimate of drug-likeness (QED) is 0.874. The lowest BCUT2D eigenvalue weighted by Gasteiger charge is -2.16. The first kappa shape index (κ1) is 16.8. The molecule has 6 heteroatoms. The number of ether oxygens (including phenoxy) is 1.